The van der Waals surface area contributed by atoms with Gasteiger partial charge in [-0.15, -0.1) is 0 Å². The Bertz CT molecular complexity index is 995. The van der Waals surface area contributed by atoms with Crippen molar-refractivity contribution in [3.63, 3.8) is 0 Å². The zero-order valence-corrected chi connectivity index (χ0v) is 15.8. The van der Waals surface area contributed by atoms with E-state index in [4.69, 9.17) is 4.74 Å². The van der Waals surface area contributed by atoms with Gasteiger partial charge in [0.2, 0.25) is 6.41 Å². The van der Waals surface area contributed by atoms with Crippen molar-refractivity contribution >= 4 is 17.9 Å². The van der Waals surface area contributed by atoms with E-state index in [0.29, 0.717) is 23.4 Å². The van der Waals surface area contributed by atoms with Crippen LogP contribution in [-0.2, 0) is 4.79 Å². The molecule has 0 fully saturated rings. The minimum atomic E-state index is -2.84. The molecule has 1 amide bonds. The quantitative estimate of drug-likeness (QED) is 0.533. The van der Waals surface area contributed by atoms with Gasteiger partial charge in [0.05, 0.1) is 18.8 Å². The molecule has 2 aromatic heterocycles. The molecule has 0 unspecified atom stereocenters. The van der Waals surface area contributed by atoms with Crippen LogP contribution in [0, 0.1) is 12.7 Å². The van der Waals surface area contributed by atoms with Crippen molar-refractivity contribution < 1.29 is 22.7 Å². The molecule has 2 atom stereocenters. The monoisotopic (exact) mass is 407 g/mol. The average molecular weight is 407 g/mol. The maximum Gasteiger partial charge on any atom is 0.276 e. The second-order valence-electron chi connectivity index (χ2n) is 6.47. The number of ether oxygens (including phenoxy) is 1. The van der Waals surface area contributed by atoms with Crippen LogP contribution in [0.25, 0.3) is 5.65 Å². The van der Waals surface area contributed by atoms with Crippen molar-refractivity contribution in [1.29, 1.82) is 0 Å². The number of halogens is 3. The van der Waals surface area contributed by atoms with Crippen LogP contribution in [0.1, 0.15) is 24.1 Å². The Labute approximate surface area is 164 Å². The molecule has 0 spiro atoms. The number of nitrogens with one attached hydrogen (secondary N) is 2. The fraction of sp³-hybridized carbons (Fsp3) is 0.316. The number of anilines is 1. The van der Waals surface area contributed by atoms with Gasteiger partial charge in [0.25, 0.3) is 6.43 Å². The number of alkyl halides is 2. The Morgan fingerprint density at radius 3 is 2.83 bits per heavy atom. The lowest BCUT2D eigenvalue weighted by atomic mass is 10.1. The highest BCUT2D eigenvalue weighted by Gasteiger charge is 2.24. The van der Waals surface area contributed by atoms with Crippen LogP contribution in [0.4, 0.5) is 19.0 Å². The number of hydrogen-bond acceptors (Lipinski definition) is 5. The van der Waals surface area contributed by atoms with E-state index in [1.807, 2.05) is 6.92 Å². The van der Waals surface area contributed by atoms with Crippen LogP contribution >= 0.6 is 0 Å². The van der Waals surface area contributed by atoms with Crippen molar-refractivity contribution in [1.82, 2.24) is 19.9 Å². The number of carbonyl (C=O) groups is 1. The minimum Gasteiger partial charge on any atom is -0.482 e. The molecule has 2 heterocycles. The molecule has 0 radical (unpaired) electrons. The van der Waals surface area contributed by atoms with Gasteiger partial charge in [0.1, 0.15) is 17.4 Å². The van der Waals surface area contributed by atoms with Crippen molar-refractivity contribution in [3.8, 4) is 5.75 Å². The van der Waals surface area contributed by atoms with E-state index in [9.17, 15) is 18.0 Å². The Kier molecular flexibility index (Phi) is 6.20. The molecule has 3 aromatic rings. The summed E-state index contributed by atoms with van der Waals surface area (Å²) in [4.78, 5) is 14.9. The largest absolute Gasteiger partial charge is 0.482 e. The molecule has 154 valence electrons. The number of nitrogens with zero attached hydrogens (tertiary/aromatic N) is 3. The SMILES string of the molecule is Cc1cnn2ccc(N[C@H](C)c3cc(F)ccc3O[C@H](CNC=O)C(F)F)nc12. The fourth-order valence-electron chi connectivity index (χ4n) is 2.84. The first-order valence-corrected chi connectivity index (χ1v) is 8.88. The number of rotatable bonds is 9. The summed E-state index contributed by atoms with van der Waals surface area (Å²) in [6, 6.07) is 4.82. The molecule has 1 aromatic carbocycles. The second-order valence-corrected chi connectivity index (χ2v) is 6.47. The van der Waals surface area contributed by atoms with Gasteiger partial charge in [0.15, 0.2) is 11.8 Å². The van der Waals surface area contributed by atoms with E-state index >= 15 is 0 Å². The van der Waals surface area contributed by atoms with Crippen molar-refractivity contribution in [2.75, 3.05) is 11.9 Å². The first-order chi connectivity index (χ1) is 13.9. The van der Waals surface area contributed by atoms with Gasteiger partial charge in [-0.3, -0.25) is 4.79 Å². The zero-order chi connectivity index (χ0) is 21.0. The first kappa shape index (κ1) is 20.4. The summed E-state index contributed by atoms with van der Waals surface area (Å²) in [5.74, 6) is 0.0681. The van der Waals surface area contributed by atoms with Crippen LogP contribution in [0.3, 0.4) is 0 Å². The predicted molar refractivity (Wildman–Crippen MR) is 101 cm³/mol. The van der Waals surface area contributed by atoms with E-state index in [-0.39, 0.29) is 12.3 Å². The van der Waals surface area contributed by atoms with E-state index in [1.165, 1.54) is 12.1 Å². The lowest BCUT2D eigenvalue weighted by Gasteiger charge is -2.23. The molecule has 7 nitrogen and oxygen atoms in total. The third-order valence-corrected chi connectivity index (χ3v) is 4.31. The first-order valence-electron chi connectivity index (χ1n) is 8.88. The van der Waals surface area contributed by atoms with Crippen LogP contribution in [-0.4, -0.2) is 40.1 Å². The summed E-state index contributed by atoms with van der Waals surface area (Å²) >= 11 is 0. The maximum absolute atomic E-state index is 13.8. The summed E-state index contributed by atoms with van der Waals surface area (Å²) in [6.07, 6.45) is -0.676. The second kappa shape index (κ2) is 8.80. The van der Waals surface area contributed by atoms with Crippen LogP contribution < -0.4 is 15.4 Å². The molecule has 29 heavy (non-hydrogen) atoms. The van der Waals surface area contributed by atoms with Gasteiger partial charge in [-0.25, -0.2) is 22.7 Å². The van der Waals surface area contributed by atoms with Gasteiger partial charge in [-0.2, -0.15) is 5.10 Å². The van der Waals surface area contributed by atoms with Gasteiger partial charge in [-0.1, -0.05) is 0 Å². The average Bonchev–Trinajstić information content (AvgIpc) is 3.06. The standard InChI is InChI=1S/C19H20F3N5O2/c1-11-8-24-27-6-5-17(26-19(11)27)25-12(2)14-7-13(20)3-4-15(14)29-16(18(21)22)9-23-10-28/h3-8,10,12,16,18H,9H2,1-2H3,(H,23,28)(H,25,26)/t12-,16-/m1/s1. The van der Waals surface area contributed by atoms with Crippen LogP contribution in [0.5, 0.6) is 5.75 Å². The topological polar surface area (TPSA) is 80.5 Å². The van der Waals surface area contributed by atoms with Gasteiger partial charge >= 0.3 is 0 Å². The van der Waals surface area contributed by atoms with E-state index in [2.05, 4.69) is 20.7 Å². The molecule has 0 aliphatic carbocycles. The Balaban J connectivity index is 1.84. The van der Waals surface area contributed by atoms with E-state index in [1.54, 1.807) is 29.9 Å². The molecule has 0 saturated heterocycles. The number of benzene rings is 1. The molecule has 3 rings (SSSR count). The number of fused-ring (bicyclic) bond motifs is 1. The molecular weight excluding hydrogens is 387 g/mol. The summed E-state index contributed by atoms with van der Waals surface area (Å²) in [5, 5.41) is 9.45. The summed E-state index contributed by atoms with van der Waals surface area (Å²) in [6.45, 7) is 3.23. The molecule has 10 heteroatoms. The smallest absolute Gasteiger partial charge is 0.276 e. The maximum atomic E-state index is 13.8. The highest BCUT2D eigenvalue weighted by atomic mass is 19.3. The van der Waals surface area contributed by atoms with E-state index < -0.39 is 24.4 Å². The summed E-state index contributed by atoms with van der Waals surface area (Å²) < 4.78 is 47.3. The number of hydrogen-bond donors (Lipinski definition) is 2. The lowest BCUT2D eigenvalue weighted by Crippen LogP contribution is -2.36. The normalized spacial score (nSPS) is 13.3. The number of aromatic nitrogens is 3. The third kappa shape index (κ3) is 4.76. The molecule has 0 bridgehead atoms. The Morgan fingerprint density at radius 1 is 1.31 bits per heavy atom. The molecule has 0 saturated carbocycles. The van der Waals surface area contributed by atoms with Crippen LogP contribution in [0.15, 0.2) is 36.7 Å². The Hall–Kier alpha value is -3.30. The number of carbonyl (C=O) groups excluding carboxylic acids is 1. The van der Waals surface area contributed by atoms with E-state index in [0.717, 1.165) is 11.6 Å². The van der Waals surface area contributed by atoms with Crippen molar-refractivity contribution in [2.24, 2.45) is 0 Å². The predicted octanol–water partition coefficient (Wildman–Crippen LogP) is 3.11. The third-order valence-electron chi connectivity index (χ3n) is 4.31. The number of aryl methyl sites for hydroxylation is 1. The molecular formula is C19H20F3N5O2. The fourth-order valence-corrected chi connectivity index (χ4v) is 2.84. The highest BCUT2D eigenvalue weighted by Crippen LogP contribution is 2.30. The van der Waals surface area contributed by atoms with Crippen LogP contribution in [0.2, 0.25) is 0 Å². The Morgan fingerprint density at radius 2 is 2.10 bits per heavy atom. The van der Waals surface area contributed by atoms with Crippen molar-refractivity contribution in [2.45, 2.75) is 32.4 Å². The lowest BCUT2D eigenvalue weighted by molar-refractivity contribution is -0.110. The van der Waals surface area contributed by atoms with Gasteiger partial charge < -0.3 is 15.4 Å². The highest BCUT2D eigenvalue weighted by molar-refractivity contribution is 5.52. The molecule has 2 N–H and O–H groups in total. The minimum absolute atomic E-state index is 0.0889. The van der Waals surface area contributed by atoms with Crippen molar-refractivity contribution in [3.05, 3.63) is 53.6 Å². The summed E-state index contributed by atoms with van der Waals surface area (Å²) in [5.41, 5.74) is 1.89. The summed E-state index contributed by atoms with van der Waals surface area (Å²) in [7, 11) is 0. The zero-order valence-electron chi connectivity index (χ0n) is 15.8. The number of amides is 1. The van der Waals surface area contributed by atoms with Gasteiger partial charge in [-0.05, 0) is 38.1 Å². The molecule has 0 aliphatic rings. The molecule has 0 aliphatic heterocycles. The van der Waals surface area contributed by atoms with Gasteiger partial charge in [0, 0.05) is 17.3 Å².